The molecule has 1 heterocycles. The molecule has 1 aromatic carbocycles. The molecular formula is C12H11ClN2O4S. The molecule has 1 N–H and O–H groups in total. The summed E-state index contributed by atoms with van der Waals surface area (Å²) >= 11 is 5.78. The van der Waals surface area contributed by atoms with E-state index in [2.05, 4.69) is 5.10 Å². The Labute approximate surface area is 120 Å². The number of carboxylic acid groups (broad SMARTS) is 1. The Kier molecular flexibility index (Phi) is 3.82. The maximum Gasteiger partial charge on any atom is 0.337 e. The molecule has 0 aliphatic heterocycles. The average Bonchev–Trinajstić information content (AvgIpc) is 2.73. The molecule has 0 saturated carbocycles. The lowest BCUT2D eigenvalue weighted by molar-refractivity contribution is 0.0697. The van der Waals surface area contributed by atoms with Gasteiger partial charge in [-0.05, 0) is 18.2 Å². The van der Waals surface area contributed by atoms with Crippen LogP contribution in [0.4, 0.5) is 0 Å². The van der Waals surface area contributed by atoms with E-state index >= 15 is 0 Å². The van der Waals surface area contributed by atoms with Gasteiger partial charge in [0, 0.05) is 18.8 Å². The van der Waals surface area contributed by atoms with Gasteiger partial charge >= 0.3 is 5.97 Å². The number of rotatable bonds is 4. The fourth-order valence-corrected chi connectivity index (χ4v) is 3.37. The van der Waals surface area contributed by atoms with Gasteiger partial charge in [0.05, 0.1) is 27.4 Å². The number of hydrogen-bond acceptors (Lipinski definition) is 4. The summed E-state index contributed by atoms with van der Waals surface area (Å²) in [5.41, 5.74) is 0.415. The van der Waals surface area contributed by atoms with Crippen LogP contribution in [0.5, 0.6) is 0 Å². The minimum absolute atomic E-state index is 0.0173. The maximum atomic E-state index is 12.2. The van der Waals surface area contributed by atoms with Crippen LogP contribution in [-0.2, 0) is 22.6 Å². The van der Waals surface area contributed by atoms with Gasteiger partial charge in [-0.25, -0.2) is 13.2 Å². The fraction of sp³-hybridized carbons (Fsp3) is 0.167. The summed E-state index contributed by atoms with van der Waals surface area (Å²) in [5, 5.41) is 12.6. The highest BCUT2D eigenvalue weighted by Gasteiger charge is 2.19. The molecule has 0 saturated heterocycles. The number of sulfone groups is 1. The van der Waals surface area contributed by atoms with Crippen LogP contribution in [0.1, 0.15) is 15.9 Å². The smallest absolute Gasteiger partial charge is 0.337 e. The predicted octanol–water partition coefficient (Wildman–Crippen LogP) is 1.75. The van der Waals surface area contributed by atoms with Crippen LogP contribution in [0.15, 0.2) is 35.5 Å². The van der Waals surface area contributed by atoms with E-state index in [1.54, 1.807) is 13.2 Å². The zero-order valence-corrected chi connectivity index (χ0v) is 12.0. The number of carbonyl (C=O) groups is 1. The van der Waals surface area contributed by atoms with E-state index in [9.17, 15) is 13.2 Å². The second-order valence-corrected chi connectivity index (χ2v) is 6.62. The van der Waals surface area contributed by atoms with Gasteiger partial charge in [-0.15, -0.1) is 0 Å². The lowest BCUT2D eigenvalue weighted by Crippen LogP contribution is -2.06. The van der Waals surface area contributed by atoms with Crippen molar-refractivity contribution < 1.29 is 18.3 Å². The van der Waals surface area contributed by atoms with Gasteiger partial charge in [-0.3, -0.25) is 4.68 Å². The van der Waals surface area contributed by atoms with Crippen molar-refractivity contribution in [2.45, 2.75) is 10.6 Å². The fourth-order valence-electron chi connectivity index (χ4n) is 1.71. The second-order valence-electron chi connectivity index (χ2n) is 4.23. The molecule has 2 rings (SSSR count). The molecule has 2 aromatic rings. The number of benzene rings is 1. The van der Waals surface area contributed by atoms with Crippen molar-refractivity contribution in [1.82, 2.24) is 9.78 Å². The molecule has 0 aliphatic rings. The number of aromatic nitrogens is 2. The van der Waals surface area contributed by atoms with Crippen molar-refractivity contribution in [3.05, 3.63) is 46.7 Å². The third-order valence-electron chi connectivity index (χ3n) is 2.65. The summed E-state index contributed by atoms with van der Waals surface area (Å²) in [6.07, 6.45) is 3.07. The summed E-state index contributed by atoms with van der Waals surface area (Å²) in [6.45, 7) is 0. The molecule has 1 aromatic heterocycles. The third kappa shape index (κ3) is 3.00. The lowest BCUT2D eigenvalue weighted by Gasteiger charge is -2.05. The summed E-state index contributed by atoms with van der Waals surface area (Å²) in [4.78, 5) is 10.8. The molecule has 0 spiro atoms. The number of hydrogen-bond donors (Lipinski definition) is 1. The number of aromatic carboxylic acids is 1. The molecule has 0 amide bonds. The van der Waals surface area contributed by atoms with Gasteiger partial charge in [0.1, 0.15) is 0 Å². The normalized spacial score (nSPS) is 11.5. The van der Waals surface area contributed by atoms with Crippen LogP contribution in [-0.4, -0.2) is 29.3 Å². The molecule has 0 aliphatic carbocycles. The molecule has 6 nitrogen and oxygen atoms in total. The summed E-state index contributed by atoms with van der Waals surface area (Å²) in [6, 6.07) is 3.57. The van der Waals surface area contributed by atoms with E-state index in [4.69, 9.17) is 16.7 Å². The number of carboxylic acids is 1. The minimum Gasteiger partial charge on any atom is -0.478 e. The van der Waals surface area contributed by atoms with Crippen molar-refractivity contribution >= 4 is 27.4 Å². The highest BCUT2D eigenvalue weighted by molar-refractivity contribution is 7.90. The van der Waals surface area contributed by atoms with Gasteiger partial charge < -0.3 is 5.11 Å². The van der Waals surface area contributed by atoms with Gasteiger partial charge in [0.2, 0.25) is 0 Å². The summed E-state index contributed by atoms with van der Waals surface area (Å²) in [5.74, 6) is -1.42. The first-order valence-electron chi connectivity index (χ1n) is 5.53. The molecular weight excluding hydrogens is 304 g/mol. The molecule has 20 heavy (non-hydrogen) atoms. The van der Waals surface area contributed by atoms with Crippen LogP contribution in [0, 0.1) is 0 Å². The number of aryl methyl sites for hydroxylation is 1. The molecule has 106 valence electrons. The van der Waals surface area contributed by atoms with E-state index in [-0.39, 0.29) is 21.2 Å². The zero-order chi connectivity index (χ0) is 14.9. The topological polar surface area (TPSA) is 89.3 Å². The first kappa shape index (κ1) is 14.5. The molecule has 0 fully saturated rings. The van der Waals surface area contributed by atoms with Gasteiger partial charge in [-0.1, -0.05) is 11.6 Å². The van der Waals surface area contributed by atoms with Crippen molar-refractivity contribution in [3.63, 3.8) is 0 Å². The Hall–Kier alpha value is -1.86. The Morgan fingerprint density at radius 3 is 2.65 bits per heavy atom. The Morgan fingerprint density at radius 1 is 1.45 bits per heavy atom. The van der Waals surface area contributed by atoms with Crippen LogP contribution in [0.25, 0.3) is 0 Å². The molecule has 8 heteroatoms. The first-order valence-corrected chi connectivity index (χ1v) is 7.56. The lowest BCUT2D eigenvalue weighted by atomic mass is 10.2. The first-order chi connectivity index (χ1) is 9.29. The monoisotopic (exact) mass is 314 g/mol. The number of nitrogens with zero attached hydrogens (tertiary/aromatic N) is 2. The largest absolute Gasteiger partial charge is 0.478 e. The van der Waals surface area contributed by atoms with E-state index in [1.165, 1.54) is 23.0 Å². The van der Waals surface area contributed by atoms with Crippen molar-refractivity contribution in [2.24, 2.45) is 7.05 Å². The van der Waals surface area contributed by atoms with E-state index in [0.717, 1.165) is 6.07 Å². The van der Waals surface area contributed by atoms with Gasteiger partial charge in [0.25, 0.3) is 0 Å². The maximum absolute atomic E-state index is 12.2. The van der Waals surface area contributed by atoms with Crippen molar-refractivity contribution in [2.75, 3.05) is 0 Å². The van der Waals surface area contributed by atoms with Crippen LogP contribution < -0.4 is 0 Å². The third-order valence-corrected chi connectivity index (χ3v) is 4.64. The van der Waals surface area contributed by atoms with E-state index < -0.39 is 15.8 Å². The SMILES string of the molecule is Cn1cc(CS(=O)(=O)c2ccc(C(=O)O)c(Cl)c2)cn1. The second kappa shape index (κ2) is 5.26. The Bertz CT molecular complexity index is 768. The van der Waals surface area contributed by atoms with Crippen molar-refractivity contribution in [3.8, 4) is 0 Å². The summed E-state index contributed by atoms with van der Waals surface area (Å²) in [7, 11) is -1.91. The molecule has 0 atom stereocenters. The van der Waals surface area contributed by atoms with Crippen molar-refractivity contribution in [1.29, 1.82) is 0 Å². The van der Waals surface area contributed by atoms with E-state index in [0.29, 0.717) is 5.56 Å². The van der Waals surface area contributed by atoms with Crippen LogP contribution in [0.3, 0.4) is 0 Å². The molecule has 0 radical (unpaired) electrons. The van der Waals surface area contributed by atoms with E-state index in [1.807, 2.05) is 0 Å². The quantitative estimate of drug-likeness (QED) is 0.928. The molecule has 0 unspecified atom stereocenters. The molecule has 0 bridgehead atoms. The number of halogens is 1. The van der Waals surface area contributed by atoms with Gasteiger partial charge in [-0.2, -0.15) is 5.10 Å². The highest BCUT2D eigenvalue weighted by Crippen LogP contribution is 2.23. The average molecular weight is 315 g/mol. The van der Waals surface area contributed by atoms with Crippen LogP contribution >= 0.6 is 11.6 Å². The van der Waals surface area contributed by atoms with Crippen LogP contribution in [0.2, 0.25) is 5.02 Å². The predicted molar refractivity (Wildman–Crippen MR) is 72.5 cm³/mol. The standard InChI is InChI=1S/C12H11ClN2O4S/c1-15-6-8(5-14-15)7-20(18,19)9-2-3-10(12(16)17)11(13)4-9/h2-6H,7H2,1H3,(H,16,17). The Balaban J connectivity index is 2.35. The highest BCUT2D eigenvalue weighted by atomic mass is 35.5. The summed E-state index contributed by atoms with van der Waals surface area (Å²) < 4.78 is 25.9. The minimum atomic E-state index is -3.60. The zero-order valence-electron chi connectivity index (χ0n) is 10.4. The van der Waals surface area contributed by atoms with Gasteiger partial charge in [0.15, 0.2) is 9.84 Å². The Morgan fingerprint density at radius 2 is 2.15 bits per heavy atom.